The third-order valence-corrected chi connectivity index (χ3v) is 6.75. The molecule has 0 saturated heterocycles. The summed E-state index contributed by atoms with van der Waals surface area (Å²) in [6, 6.07) is 13.3. The molecule has 8 heteroatoms. The number of hydrogen-bond donors (Lipinski definition) is 1. The second kappa shape index (κ2) is 8.65. The number of amides is 1. The van der Waals surface area contributed by atoms with Gasteiger partial charge in [0, 0.05) is 17.4 Å². The van der Waals surface area contributed by atoms with E-state index >= 15 is 0 Å². The number of halogens is 1. The van der Waals surface area contributed by atoms with Crippen LogP contribution < -0.4 is 10.9 Å². The van der Waals surface area contributed by atoms with E-state index in [4.69, 9.17) is 0 Å². The lowest BCUT2D eigenvalue weighted by molar-refractivity contribution is -0.113. The minimum Gasteiger partial charge on any atom is -0.325 e. The maximum absolute atomic E-state index is 13.4. The number of thioether (sulfide) groups is 2. The van der Waals surface area contributed by atoms with Crippen molar-refractivity contribution in [2.24, 2.45) is 0 Å². The van der Waals surface area contributed by atoms with Crippen LogP contribution in [0.1, 0.15) is 18.2 Å². The van der Waals surface area contributed by atoms with Gasteiger partial charge in [0.1, 0.15) is 5.82 Å². The van der Waals surface area contributed by atoms with E-state index in [9.17, 15) is 14.0 Å². The fourth-order valence-electron chi connectivity index (χ4n) is 3.26. The first-order chi connectivity index (χ1) is 14.4. The van der Waals surface area contributed by atoms with Crippen LogP contribution in [0.15, 0.2) is 63.4 Å². The molecular weight excluding hydrogens is 421 g/mol. The van der Waals surface area contributed by atoms with Gasteiger partial charge in [-0.1, -0.05) is 30.8 Å². The molecule has 154 valence electrons. The van der Waals surface area contributed by atoms with Gasteiger partial charge in [0.25, 0.3) is 5.56 Å². The summed E-state index contributed by atoms with van der Waals surface area (Å²) in [6.45, 7) is 4.01. The molecule has 3 aromatic rings. The van der Waals surface area contributed by atoms with E-state index in [0.29, 0.717) is 22.2 Å². The summed E-state index contributed by atoms with van der Waals surface area (Å²) in [5, 5.41) is 3.57. The van der Waals surface area contributed by atoms with Crippen molar-refractivity contribution in [3.8, 4) is 5.69 Å². The number of carbonyl (C=O) groups is 1. The van der Waals surface area contributed by atoms with Crippen LogP contribution in [0.2, 0.25) is 0 Å². The molecule has 0 fully saturated rings. The molecule has 0 aliphatic carbocycles. The van der Waals surface area contributed by atoms with Crippen molar-refractivity contribution in [2.75, 3.05) is 11.1 Å². The van der Waals surface area contributed by atoms with Gasteiger partial charge < -0.3 is 5.32 Å². The number of rotatable bonds is 5. The number of benzene rings is 2. The summed E-state index contributed by atoms with van der Waals surface area (Å²) < 4.78 is 14.9. The third-order valence-electron chi connectivity index (χ3n) is 4.60. The number of aryl methyl sites for hydroxylation is 1. The Kier molecular flexibility index (Phi) is 5.97. The lowest BCUT2D eigenvalue weighted by atomic mass is 10.2. The smallest absolute Gasteiger partial charge is 0.272 e. The minimum atomic E-state index is -0.379. The van der Waals surface area contributed by atoms with E-state index in [1.807, 2.05) is 31.2 Å². The second-order valence-electron chi connectivity index (χ2n) is 7.13. The van der Waals surface area contributed by atoms with Crippen LogP contribution in [-0.4, -0.2) is 26.5 Å². The molecule has 2 heterocycles. The van der Waals surface area contributed by atoms with Gasteiger partial charge in [-0.2, -0.15) is 0 Å². The summed E-state index contributed by atoms with van der Waals surface area (Å²) in [4.78, 5) is 31.0. The van der Waals surface area contributed by atoms with Crippen LogP contribution >= 0.6 is 23.5 Å². The number of fused-ring (bicyclic) bond motifs is 1. The minimum absolute atomic E-state index is 0.100. The van der Waals surface area contributed by atoms with Crippen molar-refractivity contribution in [1.82, 2.24) is 9.55 Å². The zero-order valence-corrected chi connectivity index (χ0v) is 18.1. The van der Waals surface area contributed by atoms with Gasteiger partial charge in [0.2, 0.25) is 5.91 Å². The van der Waals surface area contributed by atoms with Crippen molar-refractivity contribution in [3.05, 3.63) is 76.0 Å². The van der Waals surface area contributed by atoms with Crippen molar-refractivity contribution < 1.29 is 9.18 Å². The summed E-state index contributed by atoms with van der Waals surface area (Å²) in [5.41, 5.74) is 2.89. The molecule has 4 rings (SSSR count). The molecule has 0 spiro atoms. The van der Waals surface area contributed by atoms with Crippen LogP contribution in [0.5, 0.6) is 0 Å². The molecule has 1 aliphatic rings. The van der Waals surface area contributed by atoms with Gasteiger partial charge in [-0.25, -0.2) is 9.37 Å². The maximum Gasteiger partial charge on any atom is 0.272 e. The summed E-state index contributed by atoms with van der Waals surface area (Å²) in [7, 11) is 0. The number of hydrogen-bond acceptors (Lipinski definition) is 5. The topological polar surface area (TPSA) is 64.0 Å². The lowest BCUT2D eigenvalue weighted by Gasteiger charge is -2.14. The van der Waals surface area contributed by atoms with Gasteiger partial charge >= 0.3 is 0 Å². The quantitative estimate of drug-likeness (QED) is 0.468. The van der Waals surface area contributed by atoms with E-state index in [2.05, 4.69) is 17.2 Å². The number of carbonyl (C=O) groups excluding carboxylic acids is 1. The van der Waals surface area contributed by atoms with Crippen molar-refractivity contribution in [3.63, 3.8) is 0 Å². The highest BCUT2D eigenvalue weighted by atomic mass is 32.2. The number of nitrogens with zero attached hydrogens (tertiary/aromatic N) is 2. The zero-order valence-electron chi connectivity index (χ0n) is 16.5. The Labute approximate surface area is 182 Å². The van der Waals surface area contributed by atoms with Crippen molar-refractivity contribution >= 4 is 35.1 Å². The van der Waals surface area contributed by atoms with E-state index in [1.165, 1.54) is 40.2 Å². The lowest BCUT2D eigenvalue weighted by Crippen LogP contribution is -2.24. The second-order valence-corrected chi connectivity index (χ2v) is 9.52. The summed E-state index contributed by atoms with van der Waals surface area (Å²) >= 11 is 2.70. The number of nitrogens with one attached hydrogen (secondary N) is 1. The standard InChI is InChI=1S/C22H20FN3O2S2/c1-13-4-3-5-16(10-13)24-19(27)12-29-22-25-18-11-14(2)30-20(18)21(28)26(22)17-8-6-15(23)7-9-17/h3-10,14H,11-12H2,1-2H3,(H,24,27). The predicted molar refractivity (Wildman–Crippen MR) is 119 cm³/mol. The highest BCUT2D eigenvalue weighted by molar-refractivity contribution is 8.00. The first-order valence-electron chi connectivity index (χ1n) is 9.48. The Morgan fingerprint density at radius 3 is 2.80 bits per heavy atom. The normalized spacial score (nSPS) is 15.1. The molecule has 1 aromatic heterocycles. The molecule has 1 aliphatic heterocycles. The predicted octanol–water partition coefficient (Wildman–Crippen LogP) is 4.45. The van der Waals surface area contributed by atoms with Gasteiger partial charge in [0.05, 0.1) is 22.0 Å². The first-order valence-corrected chi connectivity index (χ1v) is 11.3. The summed E-state index contributed by atoms with van der Waals surface area (Å²) in [5.74, 6) is -0.465. The Bertz CT molecular complexity index is 1160. The Morgan fingerprint density at radius 2 is 2.07 bits per heavy atom. The fourth-order valence-corrected chi connectivity index (χ4v) is 5.19. The third kappa shape index (κ3) is 4.44. The molecule has 5 nitrogen and oxygen atoms in total. The van der Waals surface area contributed by atoms with Gasteiger partial charge in [0.15, 0.2) is 5.16 Å². The first kappa shape index (κ1) is 20.7. The average molecular weight is 442 g/mol. The molecule has 1 N–H and O–H groups in total. The summed E-state index contributed by atoms with van der Waals surface area (Å²) in [6.07, 6.45) is 0.711. The van der Waals surface area contributed by atoms with Crippen molar-refractivity contribution in [1.29, 1.82) is 0 Å². The fraction of sp³-hybridized carbons (Fsp3) is 0.227. The van der Waals surface area contributed by atoms with E-state index in [1.54, 1.807) is 12.1 Å². The molecule has 0 saturated carbocycles. The number of anilines is 1. The number of aromatic nitrogens is 2. The Morgan fingerprint density at radius 1 is 1.30 bits per heavy atom. The highest BCUT2D eigenvalue weighted by Crippen LogP contribution is 2.34. The van der Waals surface area contributed by atoms with Crippen LogP contribution in [-0.2, 0) is 11.2 Å². The van der Waals surface area contributed by atoms with Crippen LogP contribution in [0.25, 0.3) is 5.69 Å². The molecule has 30 heavy (non-hydrogen) atoms. The van der Waals surface area contributed by atoms with Gasteiger partial charge in [-0.3, -0.25) is 14.2 Å². The van der Waals surface area contributed by atoms with Crippen LogP contribution in [0, 0.1) is 12.7 Å². The monoisotopic (exact) mass is 441 g/mol. The van der Waals surface area contributed by atoms with Gasteiger partial charge in [-0.15, -0.1) is 11.8 Å². The zero-order chi connectivity index (χ0) is 21.3. The molecule has 1 amide bonds. The highest BCUT2D eigenvalue weighted by Gasteiger charge is 2.27. The largest absolute Gasteiger partial charge is 0.325 e. The Hall–Kier alpha value is -2.58. The maximum atomic E-state index is 13.4. The van der Waals surface area contributed by atoms with Crippen LogP contribution in [0.4, 0.5) is 10.1 Å². The molecule has 1 unspecified atom stereocenters. The van der Waals surface area contributed by atoms with E-state index in [-0.39, 0.29) is 28.3 Å². The SMILES string of the molecule is Cc1cccc(NC(=O)CSc2nc3c(c(=O)n2-c2ccc(F)cc2)SC(C)C3)c1. The molecule has 2 aromatic carbocycles. The van der Waals surface area contributed by atoms with E-state index < -0.39 is 0 Å². The molecule has 0 bridgehead atoms. The van der Waals surface area contributed by atoms with Crippen LogP contribution in [0.3, 0.4) is 0 Å². The molecule has 1 atom stereocenters. The van der Waals surface area contributed by atoms with E-state index in [0.717, 1.165) is 16.9 Å². The average Bonchev–Trinajstić information content (AvgIpc) is 3.08. The molecule has 0 radical (unpaired) electrons. The van der Waals surface area contributed by atoms with Crippen molar-refractivity contribution in [2.45, 2.75) is 35.6 Å². The van der Waals surface area contributed by atoms with Gasteiger partial charge in [-0.05, 0) is 48.9 Å². The Balaban J connectivity index is 1.62. The molecular formula is C22H20FN3O2S2.